The maximum atomic E-state index is 13.1. The van der Waals surface area contributed by atoms with Crippen LogP contribution in [0.25, 0.3) is 0 Å². The number of rotatable bonds is 8. The number of primary amides is 1. The average Bonchev–Trinajstić information content (AvgIpc) is 3.46. The minimum absolute atomic E-state index is 0.204. The maximum absolute atomic E-state index is 13.1. The van der Waals surface area contributed by atoms with Crippen molar-refractivity contribution in [1.29, 1.82) is 0 Å². The maximum Gasteiger partial charge on any atom is 0.252 e. The fourth-order valence-electron chi connectivity index (χ4n) is 2.81. The second kappa shape index (κ2) is 7.92. The third-order valence-electron chi connectivity index (χ3n) is 4.82. The van der Waals surface area contributed by atoms with Gasteiger partial charge in [0.15, 0.2) is 0 Å². The van der Waals surface area contributed by atoms with Gasteiger partial charge in [-0.3, -0.25) is 9.59 Å². The molecule has 1 aliphatic rings. The van der Waals surface area contributed by atoms with Gasteiger partial charge in [-0.05, 0) is 44.4 Å². The third-order valence-corrected chi connectivity index (χ3v) is 4.82. The van der Waals surface area contributed by atoms with E-state index in [1.54, 1.807) is 26.0 Å². The van der Waals surface area contributed by atoms with Crippen molar-refractivity contribution < 1.29 is 14.0 Å². The fourth-order valence-corrected chi connectivity index (χ4v) is 2.81. The number of aromatic nitrogens is 2. The Morgan fingerprint density at radius 1 is 1.25 bits per heavy atom. The van der Waals surface area contributed by atoms with E-state index in [4.69, 9.17) is 5.73 Å². The van der Waals surface area contributed by atoms with Crippen molar-refractivity contribution in [2.75, 3.05) is 11.9 Å². The minimum atomic E-state index is -0.829. The molecule has 2 amide bonds. The third kappa shape index (κ3) is 4.62. The van der Waals surface area contributed by atoms with Crippen molar-refractivity contribution in [2.45, 2.75) is 44.6 Å². The quantitative estimate of drug-likeness (QED) is 0.643. The predicted octanol–water partition coefficient (Wildman–Crippen LogP) is 1.93. The molecule has 1 fully saturated rings. The van der Waals surface area contributed by atoms with E-state index in [0.717, 1.165) is 12.8 Å². The van der Waals surface area contributed by atoms with Crippen LogP contribution in [0.3, 0.4) is 0 Å². The van der Waals surface area contributed by atoms with Gasteiger partial charge in [0.05, 0.1) is 16.7 Å². The van der Waals surface area contributed by atoms with E-state index in [9.17, 15) is 14.0 Å². The number of nitrogens with one attached hydrogen (secondary N) is 2. The van der Waals surface area contributed by atoms with Crippen LogP contribution in [-0.4, -0.2) is 34.4 Å². The van der Waals surface area contributed by atoms with Crippen molar-refractivity contribution in [3.8, 4) is 0 Å². The van der Waals surface area contributed by atoms with Gasteiger partial charge >= 0.3 is 0 Å². The second-order valence-electron chi connectivity index (χ2n) is 7.47. The summed E-state index contributed by atoms with van der Waals surface area (Å²) >= 11 is 0. The molecular weight excluding hydrogens is 361 g/mol. The fraction of sp³-hybridized carbons (Fsp3) is 0.400. The van der Waals surface area contributed by atoms with E-state index in [0.29, 0.717) is 29.7 Å². The van der Waals surface area contributed by atoms with E-state index >= 15 is 0 Å². The first-order valence-corrected chi connectivity index (χ1v) is 9.24. The molecule has 0 bridgehead atoms. The van der Waals surface area contributed by atoms with E-state index in [1.807, 2.05) is 0 Å². The molecule has 1 aromatic carbocycles. The summed E-state index contributed by atoms with van der Waals surface area (Å²) in [6.07, 6.45) is 3.90. The van der Waals surface area contributed by atoms with E-state index in [1.165, 1.54) is 18.3 Å². The first-order valence-electron chi connectivity index (χ1n) is 9.24. The summed E-state index contributed by atoms with van der Waals surface area (Å²) in [4.78, 5) is 32.8. The zero-order valence-electron chi connectivity index (χ0n) is 16.0. The topological polar surface area (TPSA) is 110 Å². The van der Waals surface area contributed by atoms with Crippen LogP contribution in [0.4, 0.5) is 10.3 Å². The van der Waals surface area contributed by atoms with Gasteiger partial charge in [-0.15, -0.1) is 0 Å². The van der Waals surface area contributed by atoms with Crippen LogP contribution >= 0.6 is 0 Å². The van der Waals surface area contributed by atoms with Crippen LogP contribution in [0.2, 0.25) is 0 Å². The van der Waals surface area contributed by atoms with E-state index in [2.05, 4.69) is 20.6 Å². The molecule has 8 heteroatoms. The Bertz CT molecular complexity index is 879. The lowest BCUT2D eigenvalue weighted by atomic mass is 9.83. The molecule has 1 aliphatic carbocycles. The summed E-state index contributed by atoms with van der Waals surface area (Å²) in [5.74, 6) is -0.699. The lowest BCUT2D eigenvalue weighted by molar-refractivity contribution is -0.125. The molecule has 0 unspecified atom stereocenters. The Balaban J connectivity index is 1.65. The van der Waals surface area contributed by atoms with Gasteiger partial charge < -0.3 is 16.4 Å². The molecule has 0 spiro atoms. The van der Waals surface area contributed by atoms with Gasteiger partial charge in [0, 0.05) is 25.2 Å². The van der Waals surface area contributed by atoms with Crippen LogP contribution in [0.5, 0.6) is 0 Å². The number of benzene rings is 1. The van der Waals surface area contributed by atoms with Crippen LogP contribution < -0.4 is 16.4 Å². The second-order valence-corrected chi connectivity index (χ2v) is 7.47. The van der Waals surface area contributed by atoms with Gasteiger partial charge in [-0.25, -0.2) is 14.4 Å². The van der Waals surface area contributed by atoms with Gasteiger partial charge in [-0.1, -0.05) is 12.1 Å². The molecule has 0 saturated heterocycles. The molecule has 28 heavy (non-hydrogen) atoms. The molecule has 0 atom stereocenters. The Morgan fingerprint density at radius 2 is 1.93 bits per heavy atom. The number of hydrogen-bond donors (Lipinski definition) is 3. The largest absolute Gasteiger partial charge is 0.365 e. The summed E-state index contributed by atoms with van der Waals surface area (Å²) in [5.41, 5.74) is 6.03. The normalized spacial score (nSPS) is 13.8. The molecule has 0 aliphatic heterocycles. The van der Waals surface area contributed by atoms with Gasteiger partial charge in [0.25, 0.3) is 5.91 Å². The molecule has 7 nitrogen and oxygen atoms in total. The van der Waals surface area contributed by atoms with Gasteiger partial charge in [-0.2, -0.15) is 0 Å². The standard InChI is InChI=1S/C20H24FN5O2/c1-20(2,12-3-5-13(21)6-4-12)18(28)23-10-9-16-15(17(22)27)11-24-19(26-16)25-14-7-8-14/h3-6,11,14H,7-10H2,1-2H3,(H2,22,27)(H,23,28)(H,24,25,26). The number of halogens is 1. The first kappa shape index (κ1) is 19.7. The van der Waals surface area contributed by atoms with Gasteiger partial charge in [0.2, 0.25) is 11.9 Å². The molecule has 4 N–H and O–H groups in total. The highest BCUT2D eigenvalue weighted by Gasteiger charge is 2.29. The number of carbonyl (C=O) groups excluding carboxylic acids is 2. The molecule has 148 valence electrons. The molecule has 1 heterocycles. The highest BCUT2D eigenvalue weighted by molar-refractivity contribution is 5.93. The van der Waals surface area contributed by atoms with Crippen molar-refractivity contribution in [2.24, 2.45) is 5.73 Å². The summed E-state index contributed by atoms with van der Waals surface area (Å²) in [6, 6.07) is 6.24. The molecule has 0 radical (unpaired) electrons. The summed E-state index contributed by atoms with van der Waals surface area (Å²) in [7, 11) is 0. The zero-order chi connectivity index (χ0) is 20.3. The monoisotopic (exact) mass is 385 g/mol. The Morgan fingerprint density at radius 3 is 2.54 bits per heavy atom. The number of anilines is 1. The van der Waals surface area contributed by atoms with Crippen LogP contribution in [0.1, 0.15) is 48.3 Å². The highest BCUT2D eigenvalue weighted by Crippen LogP contribution is 2.24. The van der Waals surface area contributed by atoms with Crippen molar-refractivity contribution >= 4 is 17.8 Å². The SMILES string of the molecule is CC(C)(C(=O)NCCc1nc(NC2CC2)ncc1C(N)=O)c1ccc(F)cc1. The average molecular weight is 385 g/mol. The summed E-state index contributed by atoms with van der Waals surface area (Å²) in [5, 5.41) is 6.04. The van der Waals surface area contributed by atoms with E-state index in [-0.39, 0.29) is 23.8 Å². The van der Waals surface area contributed by atoms with Crippen molar-refractivity contribution in [1.82, 2.24) is 15.3 Å². The molecule has 1 saturated carbocycles. The predicted molar refractivity (Wildman–Crippen MR) is 103 cm³/mol. The summed E-state index contributed by atoms with van der Waals surface area (Å²) in [6.45, 7) is 3.82. The van der Waals surface area contributed by atoms with Crippen molar-refractivity contribution in [3.63, 3.8) is 0 Å². The highest BCUT2D eigenvalue weighted by atomic mass is 19.1. The molecule has 3 rings (SSSR count). The summed E-state index contributed by atoms with van der Waals surface area (Å²) < 4.78 is 13.1. The lowest BCUT2D eigenvalue weighted by Gasteiger charge is -2.24. The molecular formula is C20H24FN5O2. The zero-order valence-corrected chi connectivity index (χ0v) is 16.0. The number of nitrogens with two attached hydrogens (primary N) is 1. The van der Waals surface area contributed by atoms with Crippen LogP contribution in [-0.2, 0) is 16.6 Å². The first-order chi connectivity index (χ1) is 13.3. The minimum Gasteiger partial charge on any atom is -0.365 e. The van der Waals surface area contributed by atoms with E-state index < -0.39 is 11.3 Å². The number of amides is 2. The number of hydrogen-bond acceptors (Lipinski definition) is 5. The van der Waals surface area contributed by atoms with Crippen LogP contribution in [0, 0.1) is 5.82 Å². The Hall–Kier alpha value is -3.03. The lowest BCUT2D eigenvalue weighted by Crippen LogP contribution is -2.41. The Labute approximate surface area is 162 Å². The number of nitrogens with zero attached hydrogens (tertiary/aromatic N) is 2. The van der Waals surface area contributed by atoms with Crippen molar-refractivity contribution in [3.05, 3.63) is 53.1 Å². The Kier molecular flexibility index (Phi) is 5.58. The molecule has 1 aromatic heterocycles. The van der Waals surface area contributed by atoms with Crippen LogP contribution in [0.15, 0.2) is 30.5 Å². The van der Waals surface area contributed by atoms with Gasteiger partial charge in [0.1, 0.15) is 5.82 Å². The smallest absolute Gasteiger partial charge is 0.252 e. The molecule has 2 aromatic rings. The number of carbonyl (C=O) groups is 2.